The van der Waals surface area contributed by atoms with Crippen molar-refractivity contribution in [1.82, 2.24) is 0 Å². The SMILES string of the molecule is NCc1ccc(Sc2ccc3c(c2)B(O)OC3)cc1. The summed E-state index contributed by atoms with van der Waals surface area (Å²) in [6.45, 7) is 1.06. The molecule has 0 atom stereocenters. The maximum Gasteiger partial charge on any atom is 0.491 e. The highest BCUT2D eigenvalue weighted by molar-refractivity contribution is 7.99. The molecular weight excluding hydrogens is 257 g/mol. The highest BCUT2D eigenvalue weighted by Crippen LogP contribution is 2.28. The average Bonchev–Trinajstić information content (AvgIpc) is 2.81. The monoisotopic (exact) mass is 271 g/mol. The Bertz CT molecular complexity index is 588. The zero-order chi connectivity index (χ0) is 13.2. The molecule has 0 amide bonds. The molecule has 0 aromatic heterocycles. The second-order valence-electron chi connectivity index (χ2n) is 4.47. The number of nitrogens with two attached hydrogens (primary N) is 1. The van der Waals surface area contributed by atoms with Crippen molar-refractivity contribution in [2.75, 3.05) is 0 Å². The van der Waals surface area contributed by atoms with Crippen LogP contribution in [0.3, 0.4) is 0 Å². The Morgan fingerprint density at radius 1 is 1.16 bits per heavy atom. The van der Waals surface area contributed by atoms with Crippen LogP contribution in [-0.2, 0) is 17.8 Å². The molecule has 1 heterocycles. The summed E-state index contributed by atoms with van der Waals surface area (Å²) < 4.78 is 5.19. The molecule has 19 heavy (non-hydrogen) atoms. The summed E-state index contributed by atoms with van der Waals surface area (Å²) in [5, 5.41) is 9.69. The summed E-state index contributed by atoms with van der Waals surface area (Å²) >= 11 is 1.67. The van der Waals surface area contributed by atoms with Crippen molar-refractivity contribution >= 4 is 24.3 Å². The molecule has 3 rings (SSSR count). The number of benzene rings is 2. The van der Waals surface area contributed by atoms with Gasteiger partial charge in [-0.3, -0.25) is 0 Å². The molecule has 2 aromatic carbocycles. The van der Waals surface area contributed by atoms with Gasteiger partial charge < -0.3 is 15.4 Å². The van der Waals surface area contributed by atoms with Crippen molar-refractivity contribution in [2.45, 2.75) is 22.9 Å². The third-order valence-corrected chi connectivity index (χ3v) is 4.17. The maximum absolute atomic E-state index is 9.69. The van der Waals surface area contributed by atoms with E-state index < -0.39 is 7.12 Å². The van der Waals surface area contributed by atoms with Gasteiger partial charge in [-0.05, 0) is 40.9 Å². The standard InChI is InChI=1S/C14H14BNO2S/c16-8-10-1-4-12(5-2-10)19-13-6-3-11-9-18-15(17)14(11)7-13/h1-7,17H,8-9,16H2. The predicted octanol–water partition coefficient (Wildman–Crippen LogP) is 1.51. The van der Waals surface area contributed by atoms with Crippen molar-refractivity contribution in [3.63, 3.8) is 0 Å². The minimum absolute atomic E-state index is 0.493. The Morgan fingerprint density at radius 3 is 2.63 bits per heavy atom. The van der Waals surface area contributed by atoms with E-state index in [1.807, 2.05) is 24.3 Å². The fourth-order valence-electron chi connectivity index (χ4n) is 2.09. The van der Waals surface area contributed by atoms with Gasteiger partial charge in [-0.1, -0.05) is 30.0 Å². The smallest absolute Gasteiger partial charge is 0.423 e. The number of fused-ring (bicyclic) bond motifs is 1. The fourth-order valence-corrected chi connectivity index (χ4v) is 2.95. The van der Waals surface area contributed by atoms with E-state index in [4.69, 9.17) is 10.4 Å². The van der Waals surface area contributed by atoms with E-state index in [1.54, 1.807) is 11.8 Å². The van der Waals surface area contributed by atoms with Crippen LogP contribution < -0.4 is 11.2 Å². The first kappa shape index (κ1) is 12.8. The van der Waals surface area contributed by atoms with Gasteiger partial charge in [0.2, 0.25) is 0 Å². The quantitative estimate of drug-likeness (QED) is 0.831. The van der Waals surface area contributed by atoms with Gasteiger partial charge in [0, 0.05) is 16.3 Å². The van der Waals surface area contributed by atoms with Crippen LogP contribution in [0.1, 0.15) is 11.1 Å². The van der Waals surface area contributed by atoms with Crippen molar-refractivity contribution < 1.29 is 9.68 Å². The van der Waals surface area contributed by atoms with Crippen molar-refractivity contribution in [3.8, 4) is 0 Å². The van der Waals surface area contributed by atoms with Gasteiger partial charge in [0.05, 0.1) is 6.61 Å². The molecule has 0 radical (unpaired) electrons. The maximum atomic E-state index is 9.69. The van der Waals surface area contributed by atoms with Crippen LogP contribution in [0, 0.1) is 0 Å². The van der Waals surface area contributed by atoms with Gasteiger partial charge in [0.1, 0.15) is 0 Å². The normalized spacial score (nSPS) is 13.7. The number of rotatable bonds is 3. The Hall–Kier alpha value is -1.27. The second-order valence-corrected chi connectivity index (χ2v) is 5.62. The zero-order valence-corrected chi connectivity index (χ0v) is 11.2. The molecule has 0 saturated heterocycles. The predicted molar refractivity (Wildman–Crippen MR) is 77.3 cm³/mol. The van der Waals surface area contributed by atoms with E-state index in [9.17, 15) is 5.02 Å². The molecule has 3 N–H and O–H groups in total. The van der Waals surface area contributed by atoms with Crippen LogP contribution in [0.4, 0.5) is 0 Å². The fraction of sp³-hybridized carbons (Fsp3) is 0.143. The molecule has 1 aliphatic heterocycles. The van der Waals surface area contributed by atoms with Crippen LogP contribution in [0.15, 0.2) is 52.3 Å². The summed E-state index contributed by atoms with van der Waals surface area (Å²) in [4.78, 5) is 2.26. The van der Waals surface area contributed by atoms with Crippen LogP contribution in [-0.4, -0.2) is 12.1 Å². The van der Waals surface area contributed by atoms with Gasteiger partial charge in [-0.2, -0.15) is 0 Å². The molecule has 0 spiro atoms. The first-order valence-electron chi connectivity index (χ1n) is 6.15. The third kappa shape index (κ3) is 2.69. The lowest BCUT2D eigenvalue weighted by Crippen LogP contribution is -2.27. The van der Waals surface area contributed by atoms with Crippen LogP contribution >= 0.6 is 11.8 Å². The molecular formula is C14H14BNO2S. The van der Waals surface area contributed by atoms with Crippen LogP contribution in [0.25, 0.3) is 0 Å². The lowest BCUT2D eigenvalue weighted by Gasteiger charge is -2.05. The Balaban J connectivity index is 1.81. The van der Waals surface area contributed by atoms with Gasteiger partial charge in [-0.25, -0.2) is 0 Å². The molecule has 3 nitrogen and oxygen atoms in total. The highest BCUT2D eigenvalue weighted by Gasteiger charge is 2.27. The van der Waals surface area contributed by atoms with Crippen molar-refractivity contribution in [3.05, 3.63) is 53.6 Å². The third-order valence-electron chi connectivity index (χ3n) is 3.17. The van der Waals surface area contributed by atoms with E-state index in [1.165, 1.54) is 0 Å². The van der Waals surface area contributed by atoms with Crippen molar-refractivity contribution in [1.29, 1.82) is 0 Å². The van der Waals surface area contributed by atoms with Gasteiger partial charge in [-0.15, -0.1) is 0 Å². The largest absolute Gasteiger partial charge is 0.491 e. The van der Waals surface area contributed by atoms with E-state index in [-0.39, 0.29) is 0 Å². The minimum atomic E-state index is -0.782. The molecule has 0 fully saturated rings. The summed E-state index contributed by atoms with van der Waals surface area (Å²) in [5.41, 5.74) is 8.65. The molecule has 0 saturated carbocycles. The highest BCUT2D eigenvalue weighted by atomic mass is 32.2. The molecule has 1 aliphatic rings. The molecule has 0 unspecified atom stereocenters. The molecule has 2 aromatic rings. The topological polar surface area (TPSA) is 55.5 Å². The summed E-state index contributed by atoms with van der Waals surface area (Å²) in [6.07, 6.45) is 0. The van der Waals surface area contributed by atoms with E-state index >= 15 is 0 Å². The molecule has 5 heteroatoms. The Morgan fingerprint density at radius 2 is 1.89 bits per heavy atom. The van der Waals surface area contributed by atoms with E-state index in [2.05, 4.69) is 18.2 Å². The summed E-state index contributed by atoms with van der Waals surface area (Å²) in [7, 11) is -0.782. The van der Waals surface area contributed by atoms with Crippen molar-refractivity contribution in [2.24, 2.45) is 5.73 Å². The van der Waals surface area contributed by atoms with E-state index in [0.29, 0.717) is 13.2 Å². The summed E-state index contributed by atoms with van der Waals surface area (Å²) in [5.74, 6) is 0. The van der Waals surface area contributed by atoms with E-state index in [0.717, 1.165) is 26.4 Å². The van der Waals surface area contributed by atoms with Crippen LogP contribution in [0.5, 0.6) is 0 Å². The zero-order valence-electron chi connectivity index (χ0n) is 10.4. The lowest BCUT2D eigenvalue weighted by molar-refractivity contribution is 0.275. The Labute approximate surface area is 116 Å². The average molecular weight is 271 g/mol. The second kappa shape index (κ2) is 5.39. The molecule has 0 aliphatic carbocycles. The van der Waals surface area contributed by atoms with Gasteiger partial charge >= 0.3 is 7.12 Å². The first-order chi connectivity index (χ1) is 9.26. The van der Waals surface area contributed by atoms with Gasteiger partial charge in [0.15, 0.2) is 0 Å². The first-order valence-corrected chi connectivity index (χ1v) is 6.97. The number of hydrogen-bond donors (Lipinski definition) is 2. The summed E-state index contributed by atoms with van der Waals surface area (Å²) in [6, 6.07) is 14.3. The Kier molecular flexibility index (Phi) is 3.62. The lowest BCUT2D eigenvalue weighted by atomic mass is 9.80. The van der Waals surface area contributed by atoms with Crippen LogP contribution in [0.2, 0.25) is 0 Å². The molecule has 96 valence electrons. The molecule has 0 bridgehead atoms. The van der Waals surface area contributed by atoms with Gasteiger partial charge in [0.25, 0.3) is 0 Å². The minimum Gasteiger partial charge on any atom is -0.423 e. The number of hydrogen-bond acceptors (Lipinski definition) is 4.